The highest BCUT2D eigenvalue weighted by Gasteiger charge is 2.06. The van der Waals surface area contributed by atoms with Gasteiger partial charge in [-0.2, -0.15) is 4.98 Å². The minimum atomic E-state index is -3.40. The van der Waals surface area contributed by atoms with E-state index in [1.807, 2.05) is 12.1 Å². The van der Waals surface area contributed by atoms with E-state index in [1.54, 1.807) is 10.7 Å². The predicted molar refractivity (Wildman–Crippen MR) is 71.8 cm³/mol. The molecule has 0 atom stereocenters. The second kappa shape index (κ2) is 5.21. The molecular formula is C9H12BrN5O2S. The number of primary sulfonamides is 1. The van der Waals surface area contributed by atoms with Crippen LogP contribution in [0, 0.1) is 0 Å². The van der Waals surface area contributed by atoms with Crippen LogP contribution in [0.4, 0.5) is 5.95 Å². The Labute approximate surface area is 113 Å². The Kier molecular flexibility index (Phi) is 3.83. The van der Waals surface area contributed by atoms with Crippen LogP contribution >= 0.6 is 15.9 Å². The molecule has 18 heavy (non-hydrogen) atoms. The number of pyridine rings is 1. The van der Waals surface area contributed by atoms with Crippen molar-refractivity contribution in [3.63, 3.8) is 0 Å². The summed E-state index contributed by atoms with van der Waals surface area (Å²) in [6, 6.07) is 3.71. The van der Waals surface area contributed by atoms with Crippen LogP contribution in [0.3, 0.4) is 0 Å². The van der Waals surface area contributed by atoms with E-state index in [-0.39, 0.29) is 5.75 Å². The van der Waals surface area contributed by atoms with Gasteiger partial charge >= 0.3 is 0 Å². The average Bonchev–Trinajstić information content (AvgIpc) is 2.68. The molecule has 0 aliphatic rings. The minimum absolute atomic E-state index is 0.0585. The zero-order valence-corrected chi connectivity index (χ0v) is 11.8. The van der Waals surface area contributed by atoms with E-state index < -0.39 is 10.0 Å². The van der Waals surface area contributed by atoms with Crippen LogP contribution in [-0.2, 0) is 10.0 Å². The molecule has 0 saturated carbocycles. The van der Waals surface area contributed by atoms with E-state index in [0.29, 0.717) is 24.6 Å². The van der Waals surface area contributed by atoms with Crippen molar-refractivity contribution in [3.05, 3.63) is 22.8 Å². The van der Waals surface area contributed by atoms with Gasteiger partial charge in [-0.1, -0.05) is 0 Å². The van der Waals surface area contributed by atoms with Gasteiger partial charge in [0.15, 0.2) is 5.65 Å². The van der Waals surface area contributed by atoms with E-state index in [1.165, 1.54) is 0 Å². The first-order chi connectivity index (χ1) is 8.46. The topological polar surface area (TPSA) is 102 Å². The SMILES string of the molecule is NS(=O)(=O)CCCNc1nc2c(Br)cccn2n1. The summed E-state index contributed by atoms with van der Waals surface area (Å²) in [5.74, 6) is 0.396. The molecule has 2 heterocycles. The molecule has 0 aliphatic heterocycles. The Bertz CT molecular complexity index is 654. The number of fused-ring (bicyclic) bond motifs is 1. The van der Waals surface area contributed by atoms with Gasteiger partial charge in [0.2, 0.25) is 16.0 Å². The van der Waals surface area contributed by atoms with Gasteiger partial charge in [0, 0.05) is 12.7 Å². The summed E-state index contributed by atoms with van der Waals surface area (Å²) in [6.45, 7) is 0.449. The van der Waals surface area contributed by atoms with Crippen LogP contribution in [0.1, 0.15) is 6.42 Å². The Hall–Kier alpha value is -1.19. The highest BCUT2D eigenvalue weighted by Crippen LogP contribution is 2.16. The molecule has 2 aromatic heterocycles. The fourth-order valence-electron chi connectivity index (χ4n) is 1.42. The molecule has 0 saturated heterocycles. The fourth-order valence-corrected chi connectivity index (χ4v) is 2.39. The molecule has 0 radical (unpaired) electrons. The monoisotopic (exact) mass is 333 g/mol. The molecular weight excluding hydrogens is 322 g/mol. The molecule has 2 rings (SSSR count). The van der Waals surface area contributed by atoms with Crippen molar-refractivity contribution in [2.24, 2.45) is 5.14 Å². The molecule has 9 heteroatoms. The molecule has 2 aromatic rings. The third kappa shape index (κ3) is 3.40. The van der Waals surface area contributed by atoms with Crippen molar-refractivity contribution in [1.29, 1.82) is 0 Å². The Morgan fingerprint density at radius 2 is 2.28 bits per heavy atom. The molecule has 3 N–H and O–H groups in total. The predicted octanol–water partition coefficient (Wildman–Crippen LogP) is 0.582. The molecule has 0 bridgehead atoms. The summed E-state index contributed by atoms with van der Waals surface area (Å²) in [7, 11) is -3.40. The second-order valence-corrected chi connectivity index (χ2v) is 6.30. The number of rotatable bonds is 5. The standard InChI is InChI=1S/C9H12BrN5O2S/c10-7-3-1-5-15-8(7)13-9(14-15)12-4-2-6-18(11,16)17/h1,3,5H,2,4,6H2,(H,12,14)(H2,11,16,17). The van der Waals surface area contributed by atoms with E-state index in [9.17, 15) is 8.42 Å². The molecule has 98 valence electrons. The highest BCUT2D eigenvalue weighted by molar-refractivity contribution is 9.10. The molecule has 0 fully saturated rings. The first-order valence-corrected chi connectivity index (χ1v) is 7.72. The van der Waals surface area contributed by atoms with Gasteiger partial charge in [-0.3, -0.25) is 0 Å². The Balaban J connectivity index is 1.98. The highest BCUT2D eigenvalue weighted by atomic mass is 79.9. The number of hydrogen-bond donors (Lipinski definition) is 2. The minimum Gasteiger partial charge on any atom is -0.353 e. The number of anilines is 1. The van der Waals surface area contributed by atoms with E-state index >= 15 is 0 Å². The van der Waals surface area contributed by atoms with Gasteiger partial charge in [-0.05, 0) is 34.5 Å². The quantitative estimate of drug-likeness (QED) is 0.779. The van der Waals surface area contributed by atoms with E-state index in [2.05, 4.69) is 31.3 Å². The first kappa shape index (κ1) is 13.2. The largest absolute Gasteiger partial charge is 0.353 e. The number of hydrogen-bond acceptors (Lipinski definition) is 5. The van der Waals surface area contributed by atoms with Gasteiger partial charge < -0.3 is 5.32 Å². The number of sulfonamides is 1. The number of nitrogens with one attached hydrogen (secondary N) is 1. The third-order valence-corrected chi connectivity index (χ3v) is 3.68. The van der Waals surface area contributed by atoms with Crippen molar-refractivity contribution in [2.45, 2.75) is 6.42 Å². The number of aromatic nitrogens is 3. The summed E-state index contributed by atoms with van der Waals surface area (Å²) >= 11 is 3.37. The molecule has 0 unspecified atom stereocenters. The Morgan fingerprint density at radius 1 is 1.50 bits per heavy atom. The summed E-state index contributed by atoms with van der Waals surface area (Å²) in [5, 5.41) is 12.0. The molecule has 0 amide bonds. The van der Waals surface area contributed by atoms with Crippen LogP contribution in [0.2, 0.25) is 0 Å². The lowest BCUT2D eigenvalue weighted by Crippen LogP contribution is -2.18. The van der Waals surface area contributed by atoms with E-state index in [0.717, 1.165) is 4.47 Å². The molecule has 0 aliphatic carbocycles. The van der Waals surface area contributed by atoms with Gasteiger partial charge in [0.25, 0.3) is 0 Å². The van der Waals surface area contributed by atoms with Crippen LogP contribution in [0.5, 0.6) is 0 Å². The maximum absolute atomic E-state index is 10.7. The summed E-state index contributed by atoms with van der Waals surface area (Å²) in [6.07, 6.45) is 2.19. The van der Waals surface area contributed by atoms with Crippen molar-refractivity contribution in [3.8, 4) is 0 Å². The van der Waals surface area contributed by atoms with Crippen molar-refractivity contribution in [2.75, 3.05) is 17.6 Å². The summed E-state index contributed by atoms with van der Waals surface area (Å²) < 4.78 is 23.9. The van der Waals surface area contributed by atoms with Crippen LogP contribution in [0.15, 0.2) is 22.8 Å². The number of nitrogens with zero attached hydrogens (tertiary/aromatic N) is 3. The van der Waals surface area contributed by atoms with Crippen LogP contribution in [-0.4, -0.2) is 35.3 Å². The first-order valence-electron chi connectivity index (χ1n) is 5.21. The molecule has 0 spiro atoms. The summed E-state index contributed by atoms with van der Waals surface area (Å²) in [5.41, 5.74) is 0.700. The average molecular weight is 334 g/mol. The smallest absolute Gasteiger partial charge is 0.243 e. The van der Waals surface area contributed by atoms with Gasteiger partial charge in [-0.15, -0.1) is 5.10 Å². The lowest BCUT2D eigenvalue weighted by atomic mass is 10.5. The van der Waals surface area contributed by atoms with E-state index in [4.69, 9.17) is 5.14 Å². The Morgan fingerprint density at radius 3 is 2.94 bits per heavy atom. The van der Waals surface area contributed by atoms with Crippen molar-refractivity contribution >= 4 is 37.5 Å². The maximum Gasteiger partial charge on any atom is 0.243 e. The lowest BCUT2D eigenvalue weighted by Gasteiger charge is -1.99. The van der Waals surface area contributed by atoms with Crippen LogP contribution in [0.25, 0.3) is 5.65 Å². The maximum atomic E-state index is 10.7. The number of nitrogens with two attached hydrogens (primary N) is 1. The molecule has 7 nitrogen and oxygen atoms in total. The zero-order valence-electron chi connectivity index (χ0n) is 9.38. The third-order valence-electron chi connectivity index (χ3n) is 2.20. The van der Waals surface area contributed by atoms with Crippen molar-refractivity contribution < 1.29 is 8.42 Å². The zero-order chi connectivity index (χ0) is 13.2. The normalized spacial score (nSPS) is 11.9. The number of halogens is 1. The van der Waals surface area contributed by atoms with Gasteiger partial charge in [0.05, 0.1) is 10.2 Å². The van der Waals surface area contributed by atoms with Crippen LogP contribution < -0.4 is 10.5 Å². The molecule has 0 aromatic carbocycles. The second-order valence-electron chi connectivity index (χ2n) is 3.71. The van der Waals surface area contributed by atoms with Crippen molar-refractivity contribution in [1.82, 2.24) is 14.6 Å². The van der Waals surface area contributed by atoms with Gasteiger partial charge in [-0.25, -0.2) is 18.1 Å². The summed E-state index contributed by atoms with van der Waals surface area (Å²) in [4.78, 5) is 4.26. The lowest BCUT2D eigenvalue weighted by molar-refractivity contribution is 0.595. The fraction of sp³-hybridized carbons (Fsp3) is 0.333. The van der Waals surface area contributed by atoms with Gasteiger partial charge in [0.1, 0.15) is 0 Å².